The number of carbonyl (C=O) groups excluding carboxylic acids is 1. The third-order valence-corrected chi connectivity index (χ3v) is 3.30. The van der Waals surface area contributed by atoms with E-state index < -0.39 is 4.92 Å². The molecule has 1 aliphatic heterocycles. The zero-order chi connectivity index (χ0) is 14.0. The van der Waals surface area contributed by atoms with Crippen LogP contribution in [0.2, 0.25) is 0 Å². The number of nitro benzene ring substituents is 1. The number of nitrogens with two attached hydrogens (primary N) is 2. The van der Waals surface area contributed by atoms with Crippen LogP contribution in [0, 0.1) is 10.1 Å². The van der Waals surface area contributed by atoms with Crippen LogP contribution in [0.1, 0.15) is 23.2 Å². The Kier molecular flexibility index (Phi) is 3.66. The van der Waals surface area contributed by atoms with Crippen molar-refractivity contribution in [1.82, 2.24) is 4.90 Å². The summed E-state index contributed by atoms with van der Waals surface area (Å²) in [4.78, 5) is 24.1. The van der Waals surface area contributed by atoms with E-state index in [1.807, 2.05) is 0 Å². The molecule has 4 N–H and O–H groups in total. The van der Waals surface area contributed by atoms with Crippen molar-refractivity contribution < 1.29 is 9.72 Å². The predicted molar refractivity (Wildman–Crippen MR) is 70.6 cm³/mol. The van der Waals surface area contributed by atoms with Gasteiger partial charge in [-0.1, -0.05) is 0 Å². The topological polar surface area (TPSA) is 115 Å². The SMILES string of the molecule is Nc1ccc(C(=O)N2CCC(N)CC2)cc1[N+](=O)[O-]. The van der Waals surface area contributed by atoms with Gasteiger partial charge in [-0.25, -0.2) is 0 Å². The first-order valence-electron chi connectivity index (χ1n) is 6.08. The van der Waals surface area contributed by atoms with Crippen molar-refractivity contribution in [2.75, 3.05) is 18.8 Å². The molecule has 0 radical (unpaired) electrons. The Balaban J connectivity index is 2.20. The predicted octanol–water partition coefficient (Wildman–Crippen LogP) is 0.740. The summed E-state index contributed by atoms with van der Waals surface area (Å²) >= 11 is 0. The van der Waals surface area contributed by atoms with Crippen molar-refractivity contribution in [2.24, 2.45) is 5.73 Å². The Morgan fingerprint density at radius 3 is 2.58 bits per heavy atom. The molecule has 102 valence electrons. The molecule has 2 rings (SSSR count). The third-order valence-electron chi connectivity index (χ3n) is 3.30. The number of benzene rings is 1. The minimum atomic E-state index is -0.585. The van der Waals surface area contributed by atoms with Crippen LogP contribution in [-0.2, 0) is 0 Å². The molecule has 1 saturated heterocycles. The van der Waals surface area contributed by atoms with Crippen molar-refractivity contribution in [2.45, 2.75) is 18.9 Å². The van der Waals surface area contributed by atoms with Crippen molar-refractivity contribution in [3.63, 3.8) is 0 Å². The van der Waals surface area contributed by atoms with Gasteiger partial charge >= 0.3 is 0 Å². The maximum atomic E-state index is 12.2. The lowest BCUT2D eigenvalue weighted by Crippen LogP contribution is -2.42. The Morgan fingerprint density at radius 1 is 1.37 bits per heavy atom. The highest BCUT2D eigenvalue weighted by molar-refractivity contribution is 5.95. The number of hydrogen-bond acceptors (Lipinski definition) is 5. The molecule has 0 bridgehead atoms. The molecule has 1 heterocycles. The van der Waals surface area contributed by atoms with Gasteiger partial charge in [0.2, 0.25) is 0 Å². The number of nitrogens with zero attached hydrogens (tertiary/aromatic N) is 2. The maximum absolute atomic E-state index is 12.2. The zero-order valence-electron chi connectivity index (χ0n) is 10.4. The van der Waals surface area contributed by atoms with Gasteiger partial charge in [0.05, 0.1) is 4.92 Å². The van der Waals surface area contributed by atoms with Gasteiger partial charge < -0.3 is 16.4 Å². The first-order chi connectivity index (χ1) is 8.99. The van der Waals surface area contributed by atoms with Gasteiger partial charge in [-0.3, -0.25) is 14.9 Å². The second-order valence-electron chi connectivity index (χ2n) is 4.66. The highest BCUT2D eigenvalue weighted by atomic mass is 16.6. The quantitative estimate of drug-likeness (QED) is 0.464. The van der Waals surface area contributed by atoms with Crippen molar-refractivity contribution in [3.05, 3.63) is 33.9 Å². The van der Waals surface area contributed by atoms with E-state index in [-0.39, 0.29) is 28.9 Å². The molecule has 0 aliphatic carbocycles. The smallest absolute Gasteiger partial charge is 0.292 e. The summed E-state index contributed by atoms with van der Waals surface area (Å²) in [5.74, 6) is -0.213. The number of hydrogen-bond donors (Lipinski definition) is 2. The molecule has 1 amide bonds. The fraction of sp³-hybridized carbons (Fsp3) is 0.417. The Morgan fingerprint density at radius 2 is 2.00 bits per heavy atom. The first-order valence-corrected chi connectivity index (χ1v) is 6.08. The van der Waals surface area contributed by atoms with E-state index in [1.165, 1.54) is 18.2 Å². The van der Waals surface area contributed by atoms with Crippen LogP contribution in [0.3, 0.4) is 0 Å². The van der Waals surface area contributed by atoms with Crippen molar-refractivity contribution in [3.8, 4) is 0 Å². The van der Waals surface area contributed by atoms with E-state index >= 15 is 0 Å². The lowest BCUT2D eigenvalue weighted by Gasteiger charge is -2.30. The molecular formula is C12H16N4O3. The number of likely N-dealkylation sites (tertiary alicyclic amines) is 1. The van der Waals surface area contributed by atoms with Gasteiger partial charge in [0, 0.05) is 30.8 Å². The van der Waals surface area contributed by atoms with Crippen LogP contribution in [0.5, 0.6) is 0 Å². The number of carbonyl (C=O) groups is 1. The number of nitro groups is 1. The largest absolute Gasteiger partial charge is 0.393 e. The molecule has 0 aromatic heterocycles. The molecular weight excluding hydrogens is 248 g/mol. The summed E-state index contributed by atoms with van der Waals surface area (Å²) in [6.45, 7) is 1.16. The average Bonchev–Trinajstić information content (AvgIpc) is 2.39. The van der Waals surface area contributed by atoms with E-state index in [4.69, 9.17) is 11.5 Å². The normalized spacial score (nSPS) is 16.4. The molecule has 1 aromatic rings. The number of anilines is 1. The standard InChI is InChI=1S/C12H16N4O3/c13-9-3-5-15(6-4-9)12(17)8-1-2-10(14)11(7-8)16(18)19/h1-2,7,9H,3-6,13-14H2. The van der Waals surface area contributed by atoms with Crippen LogP contribution in [-0.4, -0.2) is 34.9 Å². The molecule has 0 atom stereocenters. The second-order valence-corrected chi connectivity index (χ2v) is 4.66. The highest BCUT2D eigenvalue weighted by Gasteiger charge is 2.23. The summed E-state index contributed by atoms with van der Waals surface area (Å²) in [5, 5.41) is 10.8. The van der Waals surface area contributed by atoms with Crippen LogP contribution in [0.25, 0.3) is 0 Å². The monoisotopic (exact) mass is 264 g/mol. The summed E-state index contributed by atoms with van der Waals surface area (Å²) < 4.78 is 0. The van der Waals surface area contributed by atoms with Gasteiger partial charge in [0.15, 0.2) is 0 Å². The molecule has 1 fully saturated rings. The van der Waals surface area contributed by atoms with Crippen LogP contribution < -0.4 is 11.5 Å². The maximum Gasteiger partial charge on any atom is 0.292 e. The van der Waals surface area contributed by atoms with Crippen LogP contribution >= 0.6 is 0 Å². The van der Waals surface area contributed by atoms with Crippen LogP contribution in [0.4, 0.5) is 11.4 Å². The molecule has 1 aliphatic rings. The number of piperidine rings is 1. The molecule has 0 saturated carbocycles. The minimum Gasteiger partial charge on any atom is -0.393 e. The lowest BCUT2D eigenvalue weighted by atomic mass is 10.0. The van der Waals surface area contributed by atoms with E-state index in [0.717, 1.165) is 12.8 Å². The van der Waals surface area contributed by atoms with Gasteiger partial charge in [-0.05, 0) is 25.0 Å². The van der Waals surface area contributed by atoms with Crippen molar-refractivity contribution in [1.29, 1.82) is 0 Å². The summed E-state index contributed by atoms with van der Waals surface area (Å²) in [5.41, 5.74) is 11.4. The first kappa shape index (κ1) is 13.3. The molecule has 0 unspecified atom stereocenters. The molecule has 1 aromatic carbocycles. The Hall–Kier alpha value is -2.15. The van der Waals surface area contributed by atoms with E-state index in [2.05, 4.69) is 0 Å². The molecule has 7 nitrogen and oxygen atoms in total. The second kappa shape index (κ2) is 5.23. The fourth-order valence-corrected chi connectivity index (χ4v) is 2.12. The molecule has 7 heteroatoms. The Labute approximate surface area is 110 Å². The van der Waals surface area contributed by atoms with Gasteiger partial charge in [-0.15, -0.1) is 0 Å². The van der Waals surface area contributed by atoms with Gasteiger partial charge in [0.25, 0.3) is 11.6 Å². The highest BCUT2D eigenvalue weighted by Crippen LogP contribution is 2.23. The summed E-state index contributed by atoms with van der Waals surface area (Å²) in [6, 6.07) is 4.26. The summed E-state index contributed by atoms with van der Waals surface area (Å²) in [6.07, 6.45) is 1.51. The average molecular weight is 264 g/mol. The number of amides is 1. The Bertz CT molecular complexity index is 510. The van der Waals surface area contributed by atoms with E-state index in [9.17, 15) is 14.9 Å². The van der Waals surface area contributed by atoms with E-state index in [0.29, 0.717) is 13.1 Å². The fourth-order valence-electron chi connectivity index (χ4n) is 2.12. The minimum absolute atomic E-state index is 0.0576. The number of nitrogen functional groups attached to an aromatic ring is 1. The lowest BCUT2D eigenvalue weighted by molar-refractivity contribution is -0.383. The molecule has 19 heavy (non-hydrogen) atoms. The van der Waals surface area contributed by atoms with Gasteiger partial charge in [-0.2, -0.15) is 0 Å². The van der Waals surface area contributed by atoms with Crippen molar-refractivity contribution >= 4 is 17.3 Å². The van der Waals surface area contributed by atoms with Gasteiger partial charge in [0.1, 0.15) is 5.69 Å². The zero-order valence-corrected chi connectivity index (χ0v) is 10.4. The summed E-state index contributed by atoms with van der Waals surface area (Å²) in [7, 11) is 0. The number of rotatable bonds is 2. The van der Waals surface area contributed by atoms with E-state index in [1.54, 1.807) is 4.90 Å². The third kappa shape index (κ3) is 2.82. The van der Waals surface area contributed by atoms with Crippen LogP contribution in [0.15, 0.2) is 18.2 Å². The molecule has 0 spiro atoms.